The minimum absolute atomic E-state index is 0.0284. The number of aryl methyl sites for hydroxylation is 1. The Balaban J connectivity index is 1.59. The molecule has 1 fully saturated rings. The van der Waals surface area contributed by atoms with E-state index in [0.29, 0.717) is 17.1 Å². The molecule has 0 saturated carbocycles. The summed E-state index contributed by atoms with van der Waals surface area (Å²) < 4.78 is 40.8. The second kappa shape index (κ2) is 7.91. The molecule has 1 aromatic carbocycles. The first-order valence-electron chi connectivity index (χ1n) is 9.81. The molecule has 4 rings (SSSR count). The lowest BCUT2D eigenvalue weighted by Gasteiger charge is -2.24. The number of rotatable bonds is 4. The smallest absolute Gasteiger partial charge is 0.335 e. The highest BCUT2D eigenvalue weighted by Crippen LogP contribution is 2.35. The summed E-state index contributed by atoms with van der Waals surface area (Å²) in [5.74, 6) is 0.0284. The van der Waals surface area contributed by atoms with Crippen molar-refractivity contribution in [2.45, 2.75) is 45.3 Å². The number of nitrogens with zero attached hydrogens (tertiary/aromatic N) is 3. The first-order valence-corrected chi connectivity index (χ1v) is 10.7. The molecule has 1 amide bonds. The lowest BCUT2D eigenvalue weighted by molar-refractivity contribution is -0.137. The van der Waals surface area contributed by atoms with Crippen molar-refractivity contribution < 1.29 is 18.0 Å². The first kappa shape index (κ1) is 20.7. The van der Waals surface area contributed by atoms with Crippen molar-refractivity contribution in [3.63, 3.8) is 0 Å². The van der Waals surface area contributed by atoms with E-state index in [9.17, 15) is 18.0 Å². The zero-order valence-corrected chi connectivity index (χ0v) is 17.6. The van der Waals surface area contributed by atoms with E-state index < -0.39 is 11.7 Å². The van der Waals surface area contributed by atoms with E-state index in [1.54, 1.807) is 31.3 Å². The average Bonchev–Trinajstić information content (AvgIpc) is 3.44. The van der Waals surface area contributed by atoms with E-state index in [1.165, 1.54) is 15.6 Å². The van der Waals surface area contributed by atoms with Gasteiger partial charge in [0.1, 0.15) is 0 Å². The van der Waals surface area contributed by atoms with Crippen LogP contribution in [-0.4, -0.2) is 27.1 Å². The Labute approximate surface area is 176 Å². The fourth-order valence-corrected chi connectivity index (χ4v) is 4.96. The van der Waals surface area contributed by atoms with Gasteiger partial charge in [0.15, 0.2) is 0 Å². The number of hydrogen-bond acceptors (Lipinski definition) is 3. The largest absolute Gasteiger partial charge is 0.416 e. The molecule has 4 nitrogen and oxygen atoms in total. The zero-order chi connectivity index (χ0) is 21.5. The van der Waals surface area contributed by atoms with Crippen LogP contribution < -0.4 is 0 Å². The lowest BCUT2D eigenvalue weighted by atomic mass is 10.1. The molecule has 0 radical (unpaired) electrons. The van der Waals surface area contributed by atoms with E-state index in [0.717, 1.165) is 37.1 Å². The lowest BCUT2D eigenvalue weighted by Crippen LogP contribution is -2.31. The summed E-state index contributed by atoms with van der Waals surface area (Å²) in [4.78, 5) is 16.2. The summed E-state index contributed by atoms with van der Waals surface area (Å²) in [6, 6.07) is 9.24. The first-order chi connectivity index (χ1) is 14.3. The molecule has 2 aromatic heterocycles. The molecule has 3 aromatic rings. The van der Waals surface area contributed by atoms with Gasteiger partial charge in [-0.15, -0.1) is 11.3 Å². The van der Waals surface area contributed by atoms with Crippen molar-refractivity contribution in [1.29, 1.82) is 0 Å². The van der Waals surface area contributed by atoms with Crippen LogP contribution in [0.15, 0.2) is 41.8 Å². The molecule has 8 heteroatoms. The summed E-state index contributed by atoms with van der Waals surface area (Å²) in [6.07, 6.45) is -2.31. The molecule has 1 saturated heterocycles. The van der Waals surface area contributed by atoms with Crippen LogP contribution in [-0.2, 0) is 17.4 Å². The molecule has 1 atom stereocenters. The monoisotopic (exact) mass is 433 g/mol. The highest BCUT2D eigenvalue weighted by Gasteiger charge is 2.32. The van der Waals surface area contributed by atoms with Crippen LogP contribution in [0.4, 0.5) is 13.2 Å². The van der Waals surface area contributed by atoms with Crippen molar-refractivity contribution in [2.75, 3.05) is 6.54 Å². The second-order valence-electron chi connectivity index (χ2n) is 7.55. The minimum Gasteiger partial charge on any atom is -0.335 e. The van der Waals surface area contributed by atoms with E-state index in [4.69, 9.17) is 0 Å². The molecular formula is C22H22F3N3OS. The maximum atomic E-state index is 13.1. The maximum absolute atomic E-state index is 13.1. The van der Waals surface area contributed by atoms with Crippen molar-refractivity contribution in [3.8, 4) is 5.69 Å². The van der Waals surface area contributed by atoms with E-state index in [-0.39, 0.29) is 18.4 Å². The molecule has 3 heterocycles. The number of aromatic nitrogens is 2. The summed E-state index contributed by atoms with van der Waals surface area (Å²) >= 11 is 1.66. The summed E-state index contributed by atoms with van der Waals surface area (Å²) in [5.41, 5.74) is 1.73. The van der Waals surface area contributed by atoms with E-state index >= 15 is 0 Å². The van der Waals surface area contributed by atoms with Crippen LogP contribution in [0, 0.1) is 13.8 Å². The number of benzene rings is 1. The Morgan fingerprint density at radius 2 is 2.03 bits per heavy atom. The number of alkyl halides is 3. The van der Waals surface area contributed by atoms with Gasteiger partial charge in [-0.1, -0.05) is 12.1 Å². The van der Waals surface area contributed by atoms with Crippen LogP contribution in [0.1, 0.15) is 46.3 Å². The van der Waals surface area contributed by atoms with Gasteiger partial charge in [0.05, 0.1) is 29.4 Å². The molecule has 1 aliphatic rings. The quantitative estimate of drug-likeness (QED) is 0.547. The number of halogens is 3. The molecule has 30 heavy (non-hydrogen) atoms. The Morgan fingerprint density at radius 1 is 1.23 bits per heavy atom. The van der Waals surface area contributed by atoms with Crippen molar-refractivity contribution >= 4 is 17.2 Å². The fourth-order valence-electron chi connectivity index (χ4n) is 4.09. The minimum atomic E-state index is -4.42. The average molecular weight is 433 g/mol. The third-order valence-corrected chi connectivity index (χ3v) is 6.61. The molecular weight excluding hydrogens is 411 g/mol. The van der Waals surface area contributed by atoms with E-state index in [2.05, 4.69) is 11.2 Å². The van der Waals surface area contributed by atoms with Gasteiger partial charge in [-0.25, -0.2) is 4.68 Å². The number of carbonyl (C=O) groups excluding carboxylic acids is 1. The zero-order valence-electron chi connectivity index (χ0n) is 16.7. The van der Waals surface area contributed by atoms with Gasteiger partial charge in [-0.3, -0.25) is 4.79 Å². The Bertz CT molecular complexity index is 1060. The van der Waals surface area contributed by atoms with Crippen molar-refractivity contribution in [2.24, 2.45) is 0 Å². The third-order valence-electron chi connectivity index (χ3n) is 5.63. The second-order valence-corrected chi connectivity index (χ2v) is 8.53. The number of amides is 1. The molecule has 158 valence electrons. The Hall–Kier alpha value is -2.61. The molecule has 1 aliphatic heterocycles. The maximum Gasteiger partial charge on any atom is 0.416 e. The Morgan fingerprint density at radius 3 is 2.73 bits per heavy atom. The Kier molecular flexibility index (Phi) is 5.44. The molecule has 1 unspecified atom stereocenters. The fraction of sp³-hybridized carbons (Fsp3) is 0.364. The predicted octanol–water partition coefficient (Wildman–Crippen LogP) is 5.48. The predicted molar refractivity (Wildman–Crippen MR) is 110 cm³/mol. The normalized spacial score (nSPS) is 17.0. The van der Waals surface area contributed by atoms with Gasteiger partial charge < -0.3 is 4.90 Å². The van der Waals surface area contributed by atoms with Gasteiger partial charge >= 0.3 is 6.18 Å². The molecule has 0 aliphatic carbocycles. The van der Waals surface area contributed by atoms with Crippen LogP contribution in [0.2, 0.25) is 0 Å². The van der Waals surface area contributed by atoms with E-state index in [1.807, 2.05) is 16.3 Å². The third kappa shape index (κ3) is 3.88. The van der Waals surface area contributed by atoms with Gasteiger partial charge in [0.2, 0.25) is 5.91 Å². The van der Waals surface area contributed by atoms with Crippen LogP contribution in [0.3, 0.4) is 0 Å². The van der Waals surface area contributed by atoms with Gasteiger partial charge in [0.25, 0.3) is 0 Å². The molecule has 0 N–H and O–H groups in total. The topological polar surface area (TPSA) is 38.1 Å². The highest BCUT2D eigenvalue weighted by atomic mass is 32.1. The van der Waals surface area contributed by atoms with Gasteiger partial charge in [-0.2, -0.15) is 18.3 Å². The summed E-state index contributed by atoms with van der Waals surface area (Å²) in [7, 11) is 0. The standard InChI is InChI=1S/C22H22F3N3OS/c1-14-18(13-21(29)27-10-4-8-19(27)20-9-5-11-30-20)15(2)28(26-14)17-7-3-6-16(12-17)22(23,24)25/h3,5-7,9,11-12,19H,4,8,10,13H2,1-2H3. The number of carbonyl (C=O) groups is 1. The van der Waals surface area contributed by atoms with Gasteiger partial charge in [0, 0.05) is 22.7 Å². The van der Waals surface area contributed by atoms with Crippen molar-refractivity contribution in [3.05, 3.63) is 69.2 Å². The summed E-state index contributed by atoms with van der Waals surface area (Å²) in [5, 5.41) is 6.45. The van der Waals surface area contributed by atoms with Crippen molar-refractivity contribution in [1.82, 2.24) is 14.7 Å². The van der Waals surface area contributed by atoms with Crippen LogP contribution in [0.5, 0.6) is 0 Å². The van der Waals surface area contributed by atoms with Crippen LogP contribution in [0.25, 0.3) is 5.69 Å². The SMILES string of the molecule is Cc1nn(-c2cccc(C(F)(F)F)c2)c(C)c1CC(=O)N1CCCC1c1cccs1. The highest BCUT2D eigenvalue weighted by molar-refractivity contribution is 7.10. The molecule has 0 bridgehead atoms. The van der Waals surface area contributed by atoms with Gasteiger partial charge in [-0.05, 0) is 56.3 Å². The summed E-state index contributed by atoms with van der Waals surface area (Å²) in [6.45, 7) is 4.31. The molecule has 0 spiro atoms. The number of thiophene rings is 1. The number of likely N-dealkylation sites (tertiary alicyclic amines) is 1. The number of hydrogen-bond donors (Lipinski definition) is 0. The van der Waals surface area contributed by atoms with Crippen LogP contribution >= 0.6 is 11.3 Å².